The van der Waals surface area contributed by atoms with Crippen LogP contribution in [0.2, 0.25) is 5.02 Å². The number of aryl methyl sites for hydroxylation is 1. The Labute approximate surface area is 189 Å². The molecule has 152 valence electrons. The van der Waals surface area contributed by atoms with Crippen molar-refractivity contribution in [3.05, 3.63) is 107 Å². The number of fused-ring (bicyclic) bond motifs is 2. The average Bonchev–Trinajstić information content (AvgIpc) is 3.24. The Bertz CT molecular complexity index is 1410. The lowest BCUT2D eigenvalue weighted by atomic mass is 10.0. The summed E-state index contributed by atoms with van der Waals surface area (Å²) >= 11 is 7.83. The summed E-state index contributed by atoms with van der Waals surface area (Å²) in [6.45, 7) is 2.40. The van der Waals surface area contributed by atoms with Crippen LogP contribution in [-0.4, -0.2) is 10.9 Å². The highest BCUT2D eigenvalue weighted by Crippen LogP contribution is 2.35. The number of aromatic nitrogens is 1. The van der Waals surface area contributed by atoms with E-state index in [2.05, 4.69) is 0 Å². The van der Waals surface area contributed by atoms with Crippen LogP contribution in [0.15, 0.2) is 84.9 Å². The molecule has 1 heterocycles. The molecular weight excluding hydrogens is 424 g/mol. The first-order valence-corrected chi connectivity index (χ1v) is 11.2. The molecule has 0 saturated heterocycles. The molecule has 5 heteroatoms. The van der Waals surface area contributed by atoms with Gasteiger partial charge in [-0.15, -0.1) is 0 Å². The molecule has 0 aliphatic heterocycles. The molecule has 0 atom stereocenters. The van der Waals surface area contributed by atoms with Crippen LogP contribution >= 0.6 is 22.9 Å². The lowest BCUT2D eigenvalue weighted by Crippen LogP contribution is -2.30. The zero-order valence-corrected chi connectivity index (χ0v) is 18.5. The number of thiazole rings is 1. The van der Waals surface area contributed by atoms with E-state index in [9.17, 15) is 4.79 Å². The number of carbonyl (C=O) groups excluding carboxylic acids is 1. The smallest absolute Gasteiger partial charge is 0.261 e. The molecule has 5 aromatic rings. The van der Waals surface area contributed by atoms with E-state index in [1.54, 1.807) is 4.90 Å². The number of rotatable bonds is 4. The van der Waals surface area contributed by atoms with Gasteiger partial charge in [0.25, 0.3) is 5.91 Å². The Morgan fingerprint density at radius 3 is 2.52 bits per heavy atom. The maximum absolute atomic E-state index is 13.9. The summed E-state index contributed by atoms with van der Waals surface area (Å²) < 4.78 is 1.01. The van der Waals surface area contributed by atoms with E-state index in [-0.39, 0.29) is 5.91 Å². The van der Waals surface area contributed by atoms with Gasteiger partial charge in [0.15, 0.2) is 5.13 Å². The van der Waals surface area contributed by atoms with E-state index in [0.29, 0.717) is 22.3 Å². The molecule has 0 unspecified atom stereocenters. The minimum absolute atomic E-state index is 0.0662. The van der Waals surface area contributed by atoms with E-state index in [1.165, 1.54) is 11.3 Å². The number of carbonyl (C=O) groups is 1. The van der Waals surface area contributed by atoms with E-state index < -0.39 is 0 Å². The van der Waals surface area contributed by atoms with Crippen molar-refractivity contribution in [2.75, 3.05) is 4.90 Å². The van der Waals surface area contributed by atoms with Crippen molar-refractivity contribution in [1.82, 2.24) is 4.98 Å². The van der Waals surface area contributed by atoms with Crippen molar-refractivity contribution in [2.24, 2.45) is 0 Å². The predicted octanol–water partition coefficient (Wildman–Crippen LogP) is 7.26. The van der Waals surface area contributed by atoms with Crippen LogP contribution in [0.5, 0.6) is 0 Å². The van der Waals surface area contributed by atoms with Crippen molar-refractivity contribution in [2.45, 2.75) is 13.5 Å². The molecule has 0 bridgehead atoms. The average molecular weight is 443 g/mol. The van der Waals surface area contributed by atoms with Crippen molar-refractivity contribution in [3.8, 4) is 0 Å². The van der Waals surface area contributed by atoms with Gasteiger partial charge in [-0.2, -0.15) is 0 Å². The fourth-order valence-electron chi connectivity index (χ4n) is 3.75. The SMILES string of the molecule is Cc1c(Cl)ccc2sc(N(Cc3ccccc3)C(=O)c3cccc4ccccc34)nc12. The van der Waals surface area contributed by atoms with E-state index in [1.807, 2.05) is 91.9 Å². The Kier molecular flexibility index (Phi) is 5.18. The molecule has 0 spiro atoms. The van der Waals surface area contributed by atoms with Crippen LogP contribution in [0.3, 0.4) is 0 Å². The summed E-state index contributed by atoms with van der Waals surface area (Å²) in [4.78, 5) is 20.5. The van der Waals surface area contributed by atoms with Crippen molar-refractivity contribution < 1.29 is 4.79 Å². The summed E-state index contributed by atoms with van der Waals surface area (Å²) in [5.41, 5.74) is 3.49. The van der Waals surface area contributed by atoms with Gasteiger partial charge in [0.05, 0.1) is 16.8 Å². The van der Waals surface area contributed by atoms with Gasteiger partial charge in [-0.3, -0.25) is 9.69 Å². The molecule has 0 saturated carbocycles. The molecule has 0 aliphatic rings. The highest BCUT2D eigenvalue weighted by atomic mass is 35.5. The van der Waals surface area contributed by atoms with Crippen LogP contribution in [0, 0.1) is 6.92 Å². The lowest BCUT2D eigenvalue weighted by Gasteiger charge is -2.21. The maximum atomic E-state index is 13.9. The summed E-state index contributed by atoms with van der Waals surface area (Å²) in [6, 6.07) is 27.7. The Hall–Kier alpha value is -3.21. The fraction of sp³-hybridized carbons (Fsp3) is 0.0769. The topological polar surface area (TPSA) is 33.2 Å². The van der Waals surface area contributed by atoms with Gasteiger partial charge in [-0.25, -0.2) is 4.98 Å². The third-order valence-corrected chi connectivity index (χ3v) is 6.87. The monoisotopic (exact) mass is 442 g/mol. The number of amides is 1. The standard InChI is InChI=1S/C26H19ClN2OS/c1-17-22(27)14-15-23-24(17)28-26(31-23)29(16-18-8-3-2-4-9-18)25(30)21-13-7-11-19-10-5-6-12-20(19)21/h2-15H,16H2,1H3. The minimum atomic E-state index is -0.0662. The molecule has 0 fully saturated rings. The van der Waals surface area contributed by atoms with E-state index in [4.69, 9.17) is 16.6 Å². The highest BCUT2D eigenvalue weighted by molar-refractivity contribution is 7.22. The van der Waals surface area contributed by atoms with Crippen LogP contribution < -0.4 is 4.90 Å². The van der Waals surface area contributed by atoms with Gasteiger partial charge in [-0.05, 0) is 47.0 Å². The summed E-state index contributed by atoms with van der Waals surface area (Å²) in [5.74, 6) is -0.0662. The zero-order valence-electron chi connectivity index (χ0n) is 16.9. The predicted molar refractivity (Wildman–Crippen MR) is 130 cm³/mol. The van der Waals surface area contributed by atoms with Crippen LogP contribution in [-0.2, 0) is 6.54 Å². The number of hydrogen-bond acceptors (Lipinski definition) is 3. The Morgan fingerprint density at radius 2 is 1.68 bits per heavy atom. The largest absolute Gasteiger partial charge is 0.279 e. The van der Waals surface area contributed by atoms with Crippen molar-refractivity contribution in [1.29, 1.82) is 0 Å². The van der Waals surface area contributed by atoms with E-state index >= 15 is 0 Å². The fourth-order valence-corrected chi connectivity index (χ4v) is 4.93. The van der Waals surface area contributed by atoms with Crippen molar-refractivity contribution in [3.63, 3.8) is 0 Å². The van der Waals surface area contributed by atoms with Crippen molar-refractivity contribution >= 4 is 55.0 Å². The minimum Gasteiger partial charge on any atom is -0.279 e. The first-order valence-electron chi connectivity index (χ1n) is 10.0. The molecule has 0 radical (unpaired) electrons. The molecule has 0 aliphatic carbocycles. The van der Waals surface area contributed by atoms with Gasteiger partial charge < -0.3 is 0 Å². The number of hydrogen-bond donors (Lipinski definition) is 0. The normalized spacial score (nSPS) is 11.2. The quantitative estimate of drug-likeness (QED) is 0.293. The van der Waals surface area contributed by atoms with Crippen LogP contribution in [0.1, 0.15) is 21.5 Å². The second-order valence-electron chi connectivity index (χ2n) is 7.42. The number of halogens is 1. The Morgan fingerprint density at radius 1 is 0.935 bits per heavy atom. The number of anilines is 1. The van der Waals surface area contributed by atoms with Gasteiger partial charge in [0.1, 0.15) is 0 Å². The third kappa shape index (κ3) is 3.69. The number of benzene rings is 4. The maximum Gasteiger partial charge on any atom is 0.261 e. The second-order valence-corrected chi connectivity index (χ2v) is 8.84. The van der Waals surface area contributed by atoms with Crippen LogP contribution in [0.25, 0.3) is 21.0 Å². The Balaban J connectivity index is 1.65. The molecule has 3 nitrogen and oxygen atoms in total. The van der Waals surface area contributed by atoms with Crippen LogP contribution in [0.4, 0.5) is 5.13 Å². The van der Waals surface area contributed by atoms with Gasteiger partial charge >= 0.3 is 0 Å². The molecule has 5 rings (SSSR count). The molecule has 4 aromatic carbocycles. The summed E-state index contributed by atoms with van der Waals surface area (Å²) in [7, 11) is 0. The lowest BCUT2D eigenvalue weighted by molar-refractivity contribution is 0.0986. The second kappa shape index (κ2) is 8.14. The first kappa shape index (κ1) is 19.7. The molecule has 1 aromatic heterocycles. The van der Waals surface area contributed by atoms with E-state index in [0.717, 1.165) is 32.1 Å². The van der Waals surface area contributed by atoms with Gasteiger partial charge in [-0.1, -0.05) is 89.7 Å². The zero-order chi connectivity index (χ0) is 21.4. The summed E-state index contributed by atoms with van der Waals surface area (Å²) in [5, 5.41) is 3.33. The number of nitrogens with zero attached hydrogens (tertiary/aromatic N) is 2. The molecule has 0 N–H and O–H groups in total. The first-order chi connectivity index (χ1) is 15.1. The molecule has 1 amide bonds. The highest BCUT2D eigenvalue weighted by Gasteiger charge is 2.24. The molecular formula is C26H19ClN2OS. The van der Waals surface area contributed by atoms with Gasteiger partial charge in [0, 0.05) is 10.6 Å². The summed E-state index contributed by atoms with van der Waals surface area (Å²) in [6.07, 6.45) is 0. The molecule has 31 heavy (non-hydrogen) atoms. The third-order valence-electron chi connectivity index (χ3n) is 5.42. The van der Waals surface area contributed by atoms with Gasteiger partial charge in [0.2, 0.25) is 0 Å².